The van der Waals surface area contributed by atoms with Crippen LogP contribution in [0.25, 0.3) is 0 Å². The lowest BCUT2D eigenvalue weighted by Gasteiger charge is -2.23. The van der Waals surface area contributed by atoms with Gasteiger partial charge in [-0.25, -0.2) is 31.3 Å². The molecule has 1 fully saturated rings. The molecule has 36 heavy (non-hydrogen) atoms. The Bertz CT molecular complexity index is 1450. The van der Waals surface area contributed by atoms with Gasteiger partial charge in [-0.2, -0.15) is 0 Å². The van der Waals surface area contributed by atoms with E-state index in [2.05, 4.69) is 15.0 Å². The number of amides is 2. The van der Waals surface area contributed by atoms with Gasteiger partial charge in [0.25, 0.3) is 11.8 Å². The number of sulfonamides is 1. The second-order valence-electron chi connectivity index (χ2n) is 8.34. The highest BCUT2D eigenvalue weighted by atomic mass is 32.2. The van der Waals surface area contributed by atoms with E-state index in [4.69, 9.17) is 9.15 Å². The Kier molecular flexibility index (Phi) is 5.75. The van der Waals surface area contributed by atoms with Crippen LogP contribution in [0.4, 0.5) is 18.9 Å². The fourth-order valence-electron chi connectivity index (χ4n) is 4.25. The van der Waals surface area contributed by atoms with Crippen molar-refractivity contribution in [3.8, 4) is 5.75 Å². The highest BCUT2D eigenvalue weighted by Crippen LogP contribution is 2.35. The van der Waals surface area contributed by atoms with Gasteiger partial charge < -0.3 is 23.9 Å². The highest BCUT2D eigenvalue weighted by Gasteiger charge is 2.43. The van der Waals surface area contributed by atoms with Crippen molar-refractivity contribution in [1.82, 2.24) is 19.2 Å². The minimum atomic E-state index is -4.21. The van der Waals surface area contributed by atoms with Crippen LogP contribution in [0.3, 0.4) is 0 Å². The minimum absolute atomic E-state index is 0.0473. The van der Waals surface area contributed by atoms with E-state index in [1.165, 1.54) is 29.0 Å². The average Bonchev–Trinajstić information content (AvgIpc) is 3.54. The smallest absolute Gasteiger partial charge is 0.309 e. The molecule has 11 nitrogen and oxygen atoms in total. The maximum atomic E-state index is 13.6. The van der Waals surface area contributed by atoms with E-state index in [-0.39, 0.29) is 47.6 Å². The number of hydrogen-bond donors (Lipinski definition) is 2. The number of aromatic nitrogens is 2. The number of ether oxygens (including phenoxy) is 1. The lowest BCUT2D eigenvalue weighted by molar-refractivity contribution is 0.0742. The highest BCUT2D eigenvalue weighted by molar-refractivity contribution is 7.89. The second-order valence-corrected chi connectivity index (χ2v) is 10.0. The number of fused-ring (bicyclic) bond motifs is 2. The number of likely N-dealkylation sites (tertiary alicyclic amines) is 1. The Morgan fingerprint density at radius 3 is 2.58 bits per heavy atom. The van der Waals surface area contributed by atoms with Crippen LogP contribution in [0.1, 0.15) is 21.2 Å². The van der Waals surface area contributed by atoms with Gasteiger partial charge in [-0.3, -0.25) is 9.59 Å². The van der Waals surface area contributed by atoms with Crippen molar-refractivity contribution in [3.63, 3.8) is 0 Å². The number of aryl methyl sites for hydroxylation is 1. The summed E-state index contributed by atoms with van der Waals surface area (Å²) < 4.78 is 81.3. The van der Waals surface area contributed by atoms with Crippen molar-refractivity contribution in [1.29, 1.82) is 0 Å². The molecule has 0 saturated carbocycles. The lowest BCUT2D eigenvalue weighted by Crippen LogP contribution is -2.43. The molecule has 0 unspecified atom stereocenters. The van der Waals surface area contributed by atoms with Crippen molar-refractivity contribution in [2.75, 3.05) is 25.0 Å². The summed E-state index contributed by atoms with van der Waals surface area (Å²) in [6.07, 6.45) is 3.72. The summed E-state index contributed by atoms with van der Waals surface area (Å²) in [7, 11) is -2.82. The molecule has 0 radical (unpaired) electrons. The molecule has 4 heterocycles. The second kappa shape index (κ2) is 8.67. The van der Waals surface area contributed by atoms with Gasteiger partial charge in [0.05, 0.1) is 12.8 Å². The fraction of sp³-hybridized carbons (Fsp3) is 0.286. The maximum Gasteiger partial charge on any atom is 0.309 e. The fourth-order valence-corrected chi connectivity index (χ4v) is 5.73. The maximum absolute atomic E-state index is 13.6. The van der Waals surface area contributed by atoms with Gasteiger partial charge in [0.15, 0.2) is 28.9 Å². The standard InChI is InChI=1S/C21H18F3N5O6S/c1-28-8-15-18(17(28)19(30)26-11-4-12(22)16(24)13(23)5-11)35-9-10-6-29(7-14(10)27-36(15,32)33)21(31)20-25-2-3-34-20/h2-5,8,10,14,27H,6-7,9H2,1H3,(H,26,30)/t10-,14-/m1/s1. The van der Waals surface area contributed by atoms with Gasteiger partial charge in [-0.05, 0) is 0 Å². The zero-order chi connectivity index (χ0) is 25.8. The molecule has 2 aromatic heterocycles. The Morgan fingerprint density at radius 2 is 1.92 bits per heavy atom. The Morgan fingerprint density at radius 1 is 1.19 bits per heavy atom. The summed E-state index contributed by atoms with van der Waals surface area (Å²) in [4.78, 5) is 30.4. The van der Waals surface area contributed by atoms with Crippen LogP contribution in [0.5, 0.6) is 5.75 Å². The quantitative estimate of drug-likeness (QED) is 0.495. The van der Waals surface area contributed by atoms with Crippen LogP contribution in [0.2, 0.25) is 0 Å². The molecule has 0 spiro atoms. The van der Waals surface area contributed by atoms with Crippen molar-refractivity contribution in [2.24, 2.45) is 13.0 Å². The molecule has 1 aromatic carbocycles. The third kappa shape index (κ3) is 4.09. The van der Waals surface area contributed by atoms with E-state index in [1.54, 1.807) is 0 Å². The number of nitrogens with zero attached hydrogens (tertiary/aromatic N) is 3. The van der Waals surface area contributed by atoms with Crippen LogP contribution in [0, 0.1) is 23.4 Å². The molecule has 5 rings (SSSR count). The van der Waals surface area contributed by atoms with Crippen LogP contribution in [-0.4, -0.2) is 60.4 Å². The van der Waals surface area contributed by atoms with Gasteiger partial charge in [0.2, 0.25) is 10.0 Å². The van der Waals surface area contributed by atoms with Gasteiger partial charge in [-0.15, -0.1) is 0 Å². The van der Waals surface area contributed by atoms with Gasteiger partial charge >= 0.3 is 5.91 Å². The van der Waals surface area contributed by atoms with Gasteiger partial charge in [0.1, 0.15) is 11.2 Å². The van der Waals surface area contributed by atoms with E-state index in [0.29, 0.717) is 12.1 Å². The number of benzene rings is 1. The number of hydrogen-bond acceptors (Lipinski definition) is 7. The molecule has 1 saturated heterocycles. The van der Waals surface area contributed by atoms with Gasteiger partial charge in [0, 0.05) is 56.1 Å². The van der Waals surface area contributed by atoms with E-state index in [9.17, 15) is 31.2 Å². The molecule has 2 N–H and O–H groups in total. The van der Waals surface area contributed by atoms with E-state index < -0.39 is 51.2 Å². The molecule has 15 heteroatoms. The van der Waals surface area contributed by atoms with Crippen molar-refractivity contribution in [3.05, 3.63) is 59.8 Å². The monoisotopic (exact) mass is 525 g/mol. The summed E-state index contributed by atoms with van der Waals surface area (Å²) in [5.41, 5.74) is -0.626. The van der Waals surface area contributed by atoms with E-state index in [0.717, 1.165) is 6.20 Å². The zero-order valence-corrected chi connectivity index (χ0v) is 19.3. The third-order valence-electron chi connectivity index (χ3n) is 5.94. The first kappa shape index (κ1) is 23.9. The molecule has 3 aromatic rings. The molecule has 0 aliphatic carbocycles. The molecular weight excluding hydrogens is 507 g/mol. The molecule has 2 aliphatic rings. The number of oxazole rings is 1. The summed E-state index contributed by atoms with van der Waals surface area (Å²) >= 11 is 0. The normalized spacial score (nSPS) is 20.6. The number of carbonyl (C=O) groups is 2. The van der Waals surface area contributed by atoms with E-state index in [1.807, 2.05) is 0 Å². The van der Waals surface area contributed by atoms with Crippen molar-refractivity contribution < 1.29 is 40.3 Å². The number of rotatable bonds is 3. The Hall–Kier alpha value is -3.85. The Labute approximate surface area is 201 Å². The minimum Gasteiger partial charge on any atom is -0.489 e. The zero-order valence-electron chi connectivity index (χ0n) is 18.5. The van der Waals surface area contributed by atoms with Crippen molar-refractivity contribution >= 4 is 27.5 Å². The molecular formula is C21H18F3N5O6S. The topological polar surface area (TPSA) is 136 Å². The van der Waals surface area contributed by atoms with Crippen LogP contribution >= 0.6 is 0 Å². The van der Waals surface area contributed by atoms with Crippen LogP contribution in [0.15, 0.2) is 40.1 Å². The van der Waals surface area contributed by atoms with Gasteiger partial charge in [-0.1, -0.05) is 0 Å². The molecule has 2 amide bonds. The number of carbonyl (C=O) groups excluding carboxylic acids is 2. The number of halogens is 3. The van der Waals surface area contributed by atoms with Crippen LogP contribution in [-0.2, 0) is 17.1 Å². The van der Waals surface area contributed by atoms with Crippen molar-refractivity contribution in [2.45, 2.75) is 10.9 Å². The first-order chi connectivity index (χ1) is 17.0. The Balaban J connectivity index is 1.42. The predicted molar refractivity (Wildman–Crippen MR) is 115 cm³/mol. The third-order valence-corrected chi connectivity index (χ3v) is 7.42. The first-order valence-corrected chi connectivity index (χ1v) is 12.0. The molecule has 2 aliphatic heterocycles. The molecule has 2 atom stereocenters. The molecule has 0 bridgehead atoms. The predicted octanol–water partition coefficient (Wildman–Crippen LogP) is 1.49. The number of anilines is 1. The summed E-state index contributed by atoms with van der Waals surface area (Å²) in [5.74, 6) is -7.04. The summed E-state index contributed by atoms with van der Waals surface area (Å²) in [6.45, 7) is 0.123. The first-order valence-electron chi connectivity index (χ1n) is 10.5. The summed E-state index contributed by atoms with van der Waals surface area (Å²) in [6, 6.07) is 0.500. The van der Waals surface area contributed by atoms with E-state index >= 15 is 0 Å². The number of nitrogens with one attached hydrogen (secondary N) is 2. The summed E-state index contributed by atoms with van der Waals surface area (Å²) in [5, 5.41) is 2.22. The largest absolute Gasteiger partial charge is 0.489 e. The van der Waals surface area contributed by atoms with Crippen LogP contribution < -0.4 is 14.8 Å². The lowest BCUT2D eigenvalue weighted by atomic mass is 10.1. The molecule has 190 valence electrons. The average molecular weight is 525 g/mol. The SMILES string of the molecule is Cn1cc2c(c1C(=O)Nc1cc(F)c(F)c(F)c1)OC[C@H]1CN(C(=O)c3ncco3)C[C@H]1NS2(=O)=O.